The molecule has 1 aliphatic rings. The van der Waals surface area contributed by atoms with Gasteiger partial charge in [0, 0.05) is 11.5 Å². The van der Waals surface area contributed by atoms with Crippen LogP contribution < -0.4 is 5.32 Å². The molecule has 1 rings (SSSR count). The lowest BCUT2D eigenvalue weighted by molar-refractivity contribution is -0.124. The van der Waals surface area contributed by atoms with Crippen LogP contribution in [0.25, 0.3) is 0 Å². The number of nitrogens with zero attached hydrogens (tertiary/aromatic N) is 2. The molecule has 1 heterocycles. The van der Waals surface area contributed by atoms with E-state index in [4.69, 9.17) is 28.8 Å². The van der Waals surface area contributed by atoms with Gasteiger partial charge in [-0.1, -0.05) is 0 Å². The molecule has 6 radical (unpaired) electrons. The van der Waals surface area contributed by atoms with Crippen LogP contribution in [0.2, 0.25) is 5.11 Å². The fourth-order valence-electron chi connectivity index (χ4n) is 1.92. The van der Waals surface area contributed by atoms with Gasteiger partial charge in [-0.3, -0.25) is 9.69 Å². The largest absolute Gasteiger partial charge is 0.352 e. The number of rotatable bonds is 4. The summed E-state index contributed by atoms with van der Waals surface area (Å²) in [4.78, 5) is 14.0. The molecule has 1 aliphatic heterocycles. The third-order valence-corrected chi connectivity index (χ3v) is 3.67. The van der Waals surface area contributed by atoms with Gasteiger partial charge in [-0.2, -0.15) is 5.26 Å². The molecule has 0 aliphatic carbocycles. The summed E-state index contributed by atoms with van der Waals surface area (Å²) in [5.41, 5.74) is -0.894. The van der Waals surface area contributed by atoms with Crippen LogP contribution in [0.1, 0.15) is 26.7 Å². The van der Waals surface area contributed by atoms with Crippen molar-refractivity contribution in [1.29, 1.82) is 5.26 Å². The molecule has 0 bridgehead atoms. The van der Waals surface area contributed by atoms with E-state index in [9.17, 15) is 4.79 Å². The maximum atomic E-state index is 11.9. The number of nitriles is 1. The molecular weight excluding hydrogens is 235 g/mol. The van der Waals surface area contributed by atoms with Crippen LogP contribution in [-0.2, 0) is 4.79 Å². The highest BCUT2D eigenvalue weighted by Gasteiger charge is 2.33. The zero-order valence-corrected chi connectivity index (χ0v) is 11.6. The van der Waals surface area contributed by atoms with E-state index in [1.165, 1.54) is 0 Å². The molecular formula is C12H18B3N3O. The second-order valence-corrected chi connectivity index (χ2v) is 5.79. The molecule has 0 atom stereocenters. The van der Waals surface area contributed by atoms with Crippen LogP contribution in [-0.4, -0.2) is 59.5 Å². The highest BCUT2D eigenvalue weighted by Crippen LogP contribution is 2.27. The van der Waals surface area contributed by atoms with E-state index < -0.39 is 10.7 Å². The first-order valence-corrected chi connectivity index (χ1v) is 6.45. The second-order valence-electron chi connectivity index (χ2n) is 5.79. The molecule has 0 aromatic rings. The Labute approximate surface area is 119 Å². The second kappa shape index (κ2) is 6.05. The molecule has 19 heavy (non-hydrogen) atoms. The summed E-state index contributed by atoms with van der Waals surface area (Å²) in [6, 6.07) is 2.26. The monoisotopic (exact) mass is 253 g/mol. The van der Waals surface area contributed by atoms with Crippen molar-refractivity contribution >= 4 is 29.4 Å². The Morgan fingerprint density at radius 3 is 2.32 bits per heavy atom. The molecule has 1 amide bonds. The van der Waals surface area contributed by atoms with E-state index in [0.29, 0.717) is 0 Å². The number of nitrogens with one attached hydrogen (secondary N) is 1. The van der Waals surface area contributed by atoms with Crippen LogP contribution in [0.15, 0.2) is 0 Å². The minimum atomic E-state index is -1.48. The van der Waals surface area contributed by atoms with Crippen molar-refractivity contribution in [3.05, 3.63) is 0 Å². The fraction of sp³-hybridized carbons (Fsp3) is 0.833. The SMILES string of the molecule is [B]C([B])([B])C(C)(C)NC(=O)CN1CCC(C#N)CC1. The van der Waals surface area contributed by atoms with Gasteiger partial charge in [-0.15, -0.1) is 5.11 Å². The summed E-state index contributed by atoms with van der Waals surface area (Å²) in [6.07, 6.45) is 1.61. The molecule has 0 saturated carbocycles. The third kappa shape index (κ3) is 4.61. The minimum Gasteiger partial charge on any atom is -0.352 e. The molecule has 96 valence electrons. The third-order valence-electron chi connectivity index (χ3n) is 3.67. The molecule has 4 nitrogen and oxygen atoms in total. The highest BCUT2D eigenvalue weighted by atomic mass is 16.2. The number of carbonyl (C=O) groups excluding carboxylic acids is 1. The predicted molar refractivity (Wildman–Crippen MR) is 77.0 cm³/mol. The van der Waals surface area contributed by atoms with Gasteiger partial charge in [0.15, 0.2) is 0 Å². The Kier molecular flexibility index (Phi) is 5.14. The van der Waals surface area contributed by atoms with Crippen LogP contribution in [0.4, 0.5) is 0 Å². The number of amides is 1. The zero-order chi connectivity index (χ0) is 14.7. The normalized spacial score (nSPS) is 18.8. The van der Waals surface area contributed by atoms with E-state index in [1.54, 1.807) is 13.8 Å². The highest BCUT2D eigenvalue weighted by molar-refractivity contribution is 6.60. The lowest BCUT2D eigenvalue weighted by Gasteiger charge is -2.41. The van der Waals surface area contributed by atoms with Crippen LogP contribution in [0, 0.1) is 17.2 Å². The van der Waals surface area contributed by atoms with E-state index >= 15 is 0 Å². The molecule has 0 aromatic carbocycles. The summed E-state index contributed by atoms with van der Waals surface area (Å²) >= 11 is 0. The van der Waals surface area contributed by atoms with Gasteiger partial charge < -0.3 is 5.32 Å². The number of carbonyl (C=O) groups is 1. The summed E-state index contributed by atoms with van der Waals surface area (Å²) in [5, 5.41) is 10.1. The van der Waals surface area contributed by atoms with Gasteiger partial charge in [0.2, 0.25) is 5.91 Å². The average molecular weight is 253 g/mol. The van der Waals surface area contributed by atoms with Crippen molar-refractivity contribution in [1.82, 2.24) is 10.2 Å². The van der Waals surface area contributed by atoms with Crippen molar-refractivity contribution in [3.63, 3.8) is 0 Å². The van der Waals surface area contributed by atoms with Crippen molar-refractivity contribution in [3.8, 4) is 6.07 Å². The standard InChI is InChI=1S/C12H18B3N3O/c1-11(2,12(13,14)15)17-10(19)8-18-5-3-9(7-16)4-6-18/h9H,3-6,8H2,1-2H3,(H,17,19). The average Bonchev–Trinajstić information content (AvgIpc) is 2.27. The Bertz CT molecular complexity index is 365. The van der Waals surface area contributed by atoms with Crippen LogP contribution in [0.3, 0.4) is 0 Å². The molecule has 1 saturated heterocycles. The van der Waals surface area contributed by atoms with Crippen molar-refractivity contribution in [2.75, 3.05) is 19.6 Å². The van der Waals surface area contributed by atoms with Crippen LogP contribution in [0.5, 0.6) is 0 Å². The van der Waals surface area contributed by atoms with Gasteiger partial charge in [-0.05, 0) is 39.8 Å². The number of hydrogen-bond donors (Lipinski definition) is 1. The molecule has 1 N–H and O–H groups in total. The van der Waals surface area contributed by atoms with E-state index in [0.717, 1.165) is 25.9 Å². The number of piperidine rings is 1. The summed E-state index contributed by atoms with van der Waals surface area (Å²) < 4.78 is 0. The van der Waals surface area contributed by atoms with E-state index in [2.05, 4.69) is 11.4 Å². The first kappa shape index (κ1) is 16.2. The fourth-order valence-corrected chi connectivity index (χ4v) is 1.92. The topological polar surface area (TPSA) is 56.1 Å². The first-order valence-electron chi connectivity index (χ1n) is 6.45. The lowest BCUT2D eigenvalue weighted by Crippen LogP contribution is -2.55. The van der Waals surface area contributed by atoms with Crippen molar-refractivity contribution in [2.24, 2.45) is 5.92 Å². The maximum Gasteiger partial charge on any atom is 0.234 e. The van der Waals surface area contributed by atoms with E-state index in [1.807, 2.05) is 4.90 Å². The van der Waals surface area contributed by atoms with Gasteiger partial charge in [0.25, 0.3) is 0 Å². The Balaban J connectivity index is 2.43. The van der Waals surface area contributed by atoms with Crippen molar-refractivity contribution in [2.45, 2.75) is 37.3 Å². The quantitative estimate of drug-likeness (QED) is 0.699. The smallest absolute Gasteiger partial charge is 0.234 e. The van der Waals surface area contributed by atoms with Gasteiger partial charge >= 0.3 is 0 Å². The summed E-state index contributed by atoms with van der Waals surface area (Å²) in [7, 11) is 16.9. The molecule has 0 unspecified atom stereocenters. The van der Waals surface area contributed by atoms with Crippen LogP contribution >= 0.6 is 0 Å². The minimum absolute atomic E-state index is 0.112. The Morgan fingerprint density at radius 1 is 1.37 bits per heavy atom. The van der Waals surface area contributed by atoms with Gasteiger partial charge in [0.1, 0.15) is 0 Å². The maximum absolute atomic E-state index is 11.9. The van der Waals surface area contributed by atoms with E-state index in [-0.39, 0.29) is 18.4 Å². The molecule has 0 aromatic heterocycles. The molecule has 0 spiro atoms. The Hall–Kier alpha value is -0.885. The summed E-state index contributed by atoms with van der Waals surface area (Å²) in [5.74, 6) is -0.0494. The Morgan fingerprint density at radius 2 is 1.89 bits per heavy atom. The number of likely N-dealkylation sites (tertiary alicyclic amines) is 1. The predicted octanol–water partition coefficient (Wildman–Crippen LogP) is -0.304. The van der Waals surface area contributed by atoms with Crippen molar-refractivity contribution < 1.29 is 4.79 Å². The number of hydrogen-bond acceptors (Lipinski definition) is 3. The van der Waals surface area contributed by atoms with Gasteiger partial charge in [0.05, 0.1) is 36.2 Å². The first-order chi connectivity index (χ1) is 8.65. The summed E-state index contributed by atoms with van der Waals surface area (Å²) in [6.45, 7) is 5.16. The zero-order valence-electron chi connectivity index (χ0n) is 11.6. The van der Waals surface area contributed by atoms with Gasteiger partial charge in [-0.25, -0.2) is 0 Å². The molecule has 7 heteroatoms. The lowest BCUT2D eigenvalue weighted by atomic mass is 9.36. The molecule has 1 fully saturated rings.